The summed E-state index contributed by atoms with van der Waals surface area (Å²) in [7, 11) is -3.15. The number of hydrogen-bond donors (Lipinski definition) is 0. The zero-order valence-electron chi connectivity index (χ0n) is 12.4. The van der Waals surface area contributed by atoms with Gasteiger partial charge in [-0.05, 0) is 31.0 Å². The SMILES string of the molecule is O=C(c1ccc2nsnc2c1)N1CCN(S(=O)(=O)C2CC2)CC1. The Bertz CT molecular complexity index is 852. The molecule has 1 amide bonds. The molecule has 1 aliphatic carbocycles. The second-order valence-corrected chi connectivity index (χ2v) is 8.64. The average Bonchev–Trinajstić information content (AvgIpc) is 3.33. The number of fused-ring (bicyclic) bond motifs is 1. The van der Waals surface area contributed by atoms with Gasteiger partial charge in [-0.3, -0.25) is 4.79 Å². The Morgan fingerprint density at radius 2 is 1.78 bits per heavy atom. The van der Waals surface area contributed by atoms with E-state index in [2.05, 4.69) is 8.75 Å². The number of rotatable bonds is 3. The Morgan fingerprint density at radius 3 is 2.48 bits per heavy atom. The summed E-state index contributed by atoms with van der Waals surface area (Å²) in [5.74, 6) is -0.0802. The lowest BCUT2D eigenvalue weighted by atomic mass is 10.1. The highest BCUT2D eigenvalue weighted by molar-refractivity contribution is 7.90. The van der Waals surface area contributed by atoms with Crippen LogP contribution in [-0.2, 0) is 10.0 Å². The van der Waals surface area contributed by atoms with Crippen LogP contribution in [0.15, 0.2) is 18.2 Å². The zero-order chi connectivity index (χ0) is 16.0. The van der Waals surface area contributed by atoms with E-state index in [9.17, 15) is 13.2 Å². The smallest absolute Gasteiger partial charge is 0.254 e. The lowest BCUT2D eigenvalue weighted by molar-refractivity contribution is 0.0698. The van der Waals surface area contributed by atoms with E-state index in [1.807, 2.05) is 0 Å². The van der Waals surface area contributed by atoms with Crippen LogP contribution >= 0.6 is 11.7 Å². The fourth-order valence-electron chi connectivity index (χ4n) is 2.82. The number of sulfonamides is 1. The number of nitrogens with zero attached hydrogens (tertiary/aromatic N) is 4. The number of piperazine rings is 1. The Balaban J connectivity index is 1.46. The topological polar surface area (TPSA) is 83.5 Å². The number of amides is 1. The fourth-order valence-corrected chi connectivity index (χ4v) is 5.16. The summed E-state index contributed by atoms with van der Waals surface area (Å²) in [6.07, 6.45) is 1.53. The van der Waals surface area contributed by atoms with Crippen molar-refractivity contribution in [2.24, 2.45) is 0 Å². The molecule has 0 unspecified atom stereocenters. The predicted molar refractivity (Wildman–Crippen MR) is 86.8 cm³/mol. The van der Waals surface area contributed by atoms with Gasteiger partial charge in [0.1, 0.15) is 11.0 Å². The molecule has 7 nitrogen and oxygen atoms in total. The molecule has 2 heterocycles. The van der Waals surface area contributed by atoms with Crippen molar-refractivity contribution < 1.29 is 13.2 Å². The first-order chi connectivity index (χ1) is 11.1. The standard InChI is InChI=1S/C14H16N4O3S2/c19-14(10-1-4-12-13(9-10)16-22-15-12)17-5-7-18(8-6-17)23(20,21)11-2-3-11/h1,4,9,11H,2-3,5-8H2. The van der Waals surface area contributed by atoms with E-state index in [1.165, 1.54) is 4.31 Å². The lowest BCUT2D eigenvalue weighted by Crippen LogP contribution is -2.51. The van der Waals surface area contributed by atoms with E-state index < -0.39 is 10.0 Å². The second-order valence-electron chi connectivity index (χ2n) is 5.90. The molecular formula is C14H16N4O3S2. The predicted octanol–water partition coefficient (Wildman–Crippen LogP) is 0.941. The van der Waals surface area contributed by atoms with Gasteiger partial charge in [-0.25, -0.2) is 8.42 Å². The van der Waals surface area contributed by atoms with Gasteiger partial charge in [0.05, 0.1) is 17.0 Å². The van der Waals surface area contributed by atoms with Crippen molar-refractivity contribution in [3.8, 4) is 0 Å². The molecule has 4 rings (SSSR count). The van der Waals surface area contributed by atoms with E-state index >= 15 is 0 Å². The van der Waals surface area contributed by atoms with Gasteiger partial charge in [0.25, 0.3) is 5.91 Å². The Morgan fingerprint density at radius 1 is 1.09 bits per heavy atom. The Hall–Kier alpha value is -1.58. The monoisotopic (exact) mass is 352 g/mol. The third kappa shape index (κ3) is 2.73. The maximum atomic E-state index is 12.6. The van der Waals surface area contributed by atoms with Gasteiger partial charge in [0.2, 0.25) is 10.0 Å². The van der Waals surface area contributed by atoms with Crippen molar-refractivity contribution in [2.45, 2.75) is 18.1 Å². The van der Waals surface area contributed by atoms with Gasteiger partial charge in [-0.1, -0.05) is 0 Å². The highest BCUT2D eigenvalue weighted by Gasteiger charge is 2.41. The molecular weight excluding hydrogens is 336 g/mol. The van der Waals surface area contributed by atoms with E-state index in [0.717, 1.165) is 35.6 Å². The molecule has 1 aliphatic heterocycles. The maximum absolute atomic E-state index is 12.6. The largest absolute Gasteiger partial charge is 0.336 e. The molecule has 0 spiro atoms. The van der Waals surface area contributed by atoms with Gasteiger partial charge in [0, 0.05) is 31.7 Å². The summed E-state index contributed by atoms with van der Waals surface area (Å²) >= 11 is 1.12. The highest BCUT2D eigenvalue weighted by atomic mass is 32.2. The van der Waals surface area contributed by atoms with Gasteiger partial charge in [0.15, 0.2) is 0 Å². The molecule has 9 heteroatoms. The number of carbonyl (C=O) groups excluding carboxylic acids is 1. The van der Waals surface area contributed by atoms with Crippen LogP contribution in [0.3, 0.4) is 0 Å². The van der Waals surface area contributed by atoms with Crippen LogP contribution in [0, 0.1) is 0 Å². The molecule has 1 saturated carbocycles. The minimum Gasteiger partial charge on any atom is -0.336 e. The highest BCUT2D eigenvalue weighted by Crippen LogP contribution is 2.31. The molecule has 23 heavy (non-hydrogen) atoms. The van der Waals surface area contributed by atoms with Gasteiger partial charge in [-0.2, -0.15) is 13.1 Å². The number of carbonyl (C=O) groups is 1. The maximum Gasteiger partial charge on any atom is 0.254 e. The third-order valence-corrected chi connectivity index (χ3v) is 7.29. The normalized spacial score (nSPS) is 20.1. The van der Waals surface area contributed by atoms with Gasteiger partial charge >= 0.3 is 0 Å². The minimum atomic E-state index is -3.15. The minimum absolute atomic E-state index is 0.0802. The quantitative estimate of drug-likeness (QED) is 0.821. The van der Waals surface area contributed by atoms with Crippen molar-refractivity contribution in [1.82, 2.24) is 18.0 Å². The summed E-state index contributed by atoms with van der Waals surface area (Å²) in [4.78, 5) is 14.3. The number of hydrogen-bond acceptors (Lipinski definition) is 6. The molecule has 0 bridgehead atoms. The van der Waals surface area contributed by atoms with Crippen molar-refractivity contribution in [3.63, 3.8) is 0 Å². The van der Waals surface area contributed by atoms with Crippen LogP contribution in [-0.4, -0.2) is 63.7 Å². The van der Waals surface area contributed by atoms with Crippen molar-refractivity contribution in [1.29, 1.82) is 0 Å². The number of benzene rings is 1. The van der Waals surface area contributed by atoms with Crippen molar-refractivity contribution in [2.75, 3.05) is 26.2 Å². The first-order valence-electron chi connectivity index (χ1n) is 7.56. The molecule has 0 N–H and O–H groups in total. The molecule has 1 saturated heterocycles. The molecule has 0 radical (unpaired) electrons. The van der Waals surface area contributed by atoms with E-state index in [1.54, 1.807) is 23.1 Å². The molecule has 0 atom stereocenters. The summed E-state index contributed by atoms with van der Waals surface area (Å²) < 4.78 is 34.2. The van der Waals surface area contributed by atoms with Crippen LogP contribution < -0.4 is 0 Å². The van der Waals surface area contributed by atoms with Crippen molar-refractivity contribution >= 4 is 38.7 Å². The van der Waals surface area contributed by atoms with E-state index in [0.29, 0.717) is 31.7 Å². The van der Waals surface area contributed by atoms with Crippen LogP contribution in [0.2, 0.25) is 0 Å². The van der Waals surface area contributed by atoms with E-state index in [4.69, 9.17) is 0 Å². The Kier molecular flexibility index (Phi) is 3.58. The molecule has 122 valence electrons. The molecule has 1 aromatic carbocycles. The average molecular weight is 352 g/mol. The summed E-state index contributed by atoms with van der Waals surface area (Å²) in [5, 5.41) is -0.190. The Labute approximate surface area is 138 Å². The molecule has 2 aliphatic rings. The van der Waals surface area contributed by atoms with Gasteiger partial charge < -0.3 is 4.90 Å². The van der Waals surface area contributed by atoms with Crippen LogP contribution in [0.5, 0.6) is 0 Å². The molecule has 2 fully saturated rings. The van der Waals surface area contributed by atoms with Crippen LogP contribution in [0.25, 0.3) is 11.0 Å². The first-order valence-corrected chi connectivity index (χ1v) is 9.79. The summed E-state index contributed by atoms with van der Waals surface area (Å²) in [6, 6.07) is 5.29. The summed E-state index contributed by atoms with van der Waals surface area (Å²) in [6.45, 7) is 1.62. The molecule has 2 aromatic rings. The van der Waals surface area contributed by atoms with Crippen LogP contribution in [0.1, 0.15) is 23.2 Å². The fraction of sp³-hybridized carbons (Fsp3) is 0.500. The van der Waals surface area contributed by atoms with Crippen LogP contribution in [0.4, 0.5) is 0 Å². The number of aromatic nitrogens is 2. The summed E-state index contributed by atoms with van der Waals surface area (Å²) in [5.41, 5.74) is 2.08. The third-order valence-electron chi connectivity index (χ3n) is 4.33. The second kappa shape index (κ2) is 5.50. The lowest BCUT2D eigenvalue weighted by Gasteiger charge is -2.34. The first kappa shape index (κ1) is 15.0. The molecule has 1 aromatic heterocycles. The zero-order valence-corrected chi connectivity index (χ0v) is 14.0. The van der Waals surface area contributed by atoms with Crippen molar-refractivity contribution in [3.05, 3.63) is 23.8 Å². The van der Waals surface area contributed by atoms with Gasteiger partial charge in [-0.15, -0.1) is 0 Å². The van der Waals surface area contributed by atoms with E-state index in [-0.39, 0.29) is 11.2 Å².